The maximum atomic E-state index is 10.7. The SMILES string of the molecule is Cc1ccc2nc(N3CCS(O)(O)c4ccccc4C3)cc(NCCCNC3COC3)c2c1. The average Bonchev–Trinajstić information content (AvgIpc) is 2.91. The van der Waals surface area contributed by atoms with Gasteiger partial charge in [0.05, 0.1) is 35.4 Å². The molecule has 0 radical (unpaired) electrons. The Kier molecular flexibility index (Phi) is 6.44. The van der Waals surface area contributed by atoms with Gasteiger partial charge in [-0.05, 0) is 43.7 Å². The molecule has 176 valence electrons. The standard InChI is InChI=1S/C25H32N4O3S/c1-18-7-8-22-21(13-18)23(27-10-4-9-26-20-16-32-17-20)14-25(28-22)29-11-12-33(30,31)24-6-3-2-5-19(24)15-29/h2-3,5-8,13-14,20,26,30-31H,4,9-12,15-17H2,1H3,(H,27,28). The zero-order valence-electron chi connectivity index (χ0n) is 19.0. The summed E-state index contributed by atoms with van der Waals surface area (Å²) in [6.07, 6.45) is 1.01. The van der Waals surface area contributed by atoms with Crippen LogP contribution >= 0.6 is 10.6 Å². The van der Waals surface area contributed by atoms with Crippen LogP contribution in [0.25, 0.3) is 10.9 Å². The molecule has 2 aliphatic rings. The highest BCUT2D eigenvalue weighted by Gasteiger charge is 2.26. The smallest absolute Gasteiger partial charge is 0.131 e. The summed E-state index contributed by atoms with van der Waals surface area (Å²) in [6, 6.07) is 16.6. The van der Waals surface area contributed by atoms with Crippen LogP contribution in [0.2, 0.25) is 0 Å². The summed E-state index contributed by atoms with van der Waals surface area (Å²) in [5.74, 6) is 1.15. The van der Waals surface area contributed by atoms with E-state index in [2.05, 4.69) is 46.7 Å². The highest BCUT2D eigenvalue weighted by atomic mass is 32.3. The summed E-state index contributed by atoms with van der Waals surface area (Å²) in [4.78, 5) is 7.77. The topological polar surface area (TPSA) is 89.9 Å². The maximum absolute atomic E-state index is 10.7. The second kappa shape index (κ2) is 9.48. The van der Waals surface area contributed by atoms with Gasteiger partial charge in [0.25, 0.3) is 0 Å². The van der Waals surface area contributed by atoms with Gasteiger partial charge in [-0.15, -0.1) is 0 Å². The molecule has 1 fully saturated rings. The van der Waals surface area contributed by atoms with Crippen LogP contribution in [-0.2, 0) is 11.3 Å². The summed E-state index contributed by atoms with van der Waals surface area (Å²) in [5.41, 5.74) is 4.15. The van der Waals surface area contributed by atoms with Gasteiger partial charge in [0, 0.05) is 36.8 Å². The van der Waals surface area contributed by atoms with Crippen LogP contribution in [0, 0.1) is 6.92 Å². The third-order valence-corrected chi connectivity index (χ3v) is 8.20. The van der Waals surface area contributed by atoms with Crippen LogP contribution in [-0.4, -0.2) is 58.7 Å². The molecule has 0 spiro atoms. The number of rotatable bonds is 7. The largest absolute Gasteiger partial charge is 0.384 e. The Morgan fingerprint density at radius 2 is 1.97 bits per heavy atom. The summed E-state index contributed by atoms with van der Waals surface area (Å²) in [6.45, 7) is 6.67. The Labute approximate surface area is 196 Å². The van der Waals surface area contributed by atoms with Crippen LogP contribution in [0.4, 0.5) is 11.5 Å². The highest BCUT2D eigenvalue weighted by Crippen LogP contribution is 2.51. The molecular weight excluding hydrogens is 436 g/mol. The summed E-state index contributed by atoms with van der Waals surface area (Å²) in [5, 5.41) is 8.24. The van der Waals surface area contributed by atoms with Gasteiger partial charge in [0.1, 0.15) is 5.82 Å². The van der Waals surface area contributed by atoms with Crippen molar-refractivity contribution in [1.82, 2.24) is 10.3 Å². The zero-order chi connectivity index (χ0) is 22.8. The van der Waals surface area contributed by atoms with E-state index in [0.29, 0.717) is 29.8 Å². The van der Waals surface area contributed by atoms with E-state index in [9.17, 15) is 9.11 Å². The van der Waals surface area contributed by atoms with Crippen molar-refractivity contribution in [2.24, 2.45) is 0 Å². The maximum Gasteiger partial charge on any atom is 0.131 e. The molecule has 4 N–H and O–H groups in total. The van der Waals surface area contributed by atoms with Crippen molar-refractivity contribution in [2.75, 3.05) is 48.8 Å². The van der Waals surface area contributed by atoms with Crippen molar-refractivity contribution in [3.8, 4) is 0 Å². The fourth-order valence-electron chi connectivity index (χ4n) is 4.39. The zero-order valence-corrected chi connectivity index (χ0v) is 19.8. The van der Waals surface area contributed by atoms with E-state index >= 15 is 0 Å². The highest BCUT2D eigenvalue weighted by molar-refractivity contribution is 8.24. The van der Waals surface area contributed by atoms with Crippen molar-refractivity contribution >= 4 is 33.0 Å². The first-order valence-electron chi connectivity index (χ1n) is 11.5. The number of aromatic nitrogens is 1. The summed E-state index contributed by atoms with van der Waals surface area (Å²) < 4.78 is 26.7. The lowest BCUT2D eigenvalue weighted by molar-refractivity contribution is -0.00481. The van der Waals surface area contributed by atoms with Crippen LogP contribution < -0.4 is 15.5 Å². The molecular formula is C25H32N4O3S. The second-order valence-corrected chi connectivity index (χ2v) is 11.1. The van der Waals surface area contributed by atoms with Crippen LogP contribution in [0.5, 0.6) is 0 Å². The number of aryl methyl sites for hydroxylation is 1. The quantitative estimate of drug-likeness (QED) is 0.381. The first-order valence-corrected chi connectivity index (χ1v) is 13.3. The molecule has 1 saturated heterocycles. The summed E-state index contributed by atoms with van der Waals surface area (Å²) >= 11 is 0. The first-order chi connectivity index (χ1) is 16.0. The molecule has 0 bridgehead atoms. The van der Waals surface area contributed by atoms with Gasteiger partial charge in [-0.25, -0.2) is 4.98 Å². The Bertz CT molecular complexity index is 1140. The van der Waals surface area contributed by atoms with E-state index in [-0.39, 0.29) is 0 Å². The first kappa shape index (κ1) is 22.4. The third kappa shape index (κ3) is 4.95. The Balaban J connectivity index is 1.39. The minimum absolute atomic E-state index is 0.303. The molecule has 3 heterocycles. The molecule has 0 saturated carbocycles. The minimum Gasteiger partial charge on any atom is -0.384 e. The normalized spacial score (nSPS) is 18.9. The molecule has 0 atom stereocenters. The summed E-state index contributed by atoms with van der Waals surface area (Å²) in [7, 11) is -2.80. The number of nitrogens with zero attached hydrogens (tertiary/aromatic N) is 2. The number of benzene rings is 2. The lowest BCUT2D eigenvalue weighted by Gasteiger charge is -2.32. The van der Waals surface area contributed by atoms with Crippen LogP contribution in [0.1, 0.15) is 17.5 Å². The minimum atomic E-state index is -2.80. The Morgan fingerprint density at radius 1 is 1.12 bits per heavy atom. The molecule has 33 heavy (non-hydrogen) atoms. The van der Waals surface area contributed by atoms with Crippen molar-refractivity contribution in [3.05, 3.63) is 59.7 Å². The molecule has 1 aromatic heterocycles. The van der Waals surface area contributed by atoms with Gasteiger partial charge in [0.2, 0.25) is 0 Å². The molecule has 3 aromatic rings. The monoisotopic (exact) mass is 468 g/mol. The van der Waals surface area contributed by atoms with Gasteiger partial charge in [-0.1, -0.05) is 29.8 Å². The van der Waals surface area contributed by atoms with Crippen LogP contribution in [0.15, 0.2) is 53.4 Å². The number of hydrogen-bond acceptors (Lipinski definition) is 7. The lowest BCUT2D eigenvalue weighted by Crippen LogP contribution is -2.46. The number of nitrogens with one attached hydrogen (secondary N) is 2. The molecule has 5 rings (SSSR count). The number of ether oxygens (including phenoxy) is 1. The number of fused-ring (bicyclic) bond motifs is 2. The van der Waals surface area contributed by atoms with Gasteiger partial charge in [0.15, 0.2) is 0 Å². The predicted octanol–water partition coefficient (Wildman–Crippen LogP) is 4.46. The van der Waals surface area contributed by atoms with E-state index in [1.54, 1.807) is 0 Å². The molecule has 0 unspecified atom stereocenters. The fraction of sp³-hybridized carbons (Fsp3) is 0.400. The van der Waals surface area contributed by atoms with Gasteiger partial charge >= 0.3 is 0 Å². The average molecular weight is 469 g/mol. The van der Waals surface area contributed by atoms with Crippen LogP contribution in [0.3, 0.4) is 0 Å². The van der Waals surface area contributed by atoms with E-state index < -0.39 is 10.6 Å². The van der Waals surface area contributed by atoms with Crippen molar-refractivity contribution < 1.29 is 13.8 Å². The molecule has 7 nitrogen and oxygen atoms in total. The van der Waals surface area contributed by atoms with Crippen molar-refractivity contribution in [1.29, 1.82) is 0 Å². The number of hydrogen-bond donors (Lipinski definition) is 4. The van der Waals surface area contributed by atoms with Gasteiger partial charge in [-0.3, -0.25) is 9.11 Å². The molecule has 2 aliphatic heterocycles. The van der Waals surface area contributed by atoms with E-state index in [4.69, 9.17) is 9.72 Å². The third-order valence-electron chi connectivity index (χ3n) is 6.35. The molecule has 2 aromatic carbocycles. The molecule has 0 aliphatic carbocycles. The predicted molar refractivity (Wildman–Crippen MR) is 136 cm³/mol. The molecule has 0 amide bonds. The number of anilines is 2. The van der Waals surface area contributed by atoms with E-state index in [1.165, 1.54) is 5.56 Å². The van der Waals surface area contributed by atoms with E-state index in [1.807, 2.05) is 24.3 Å². The van der Waals surface area contributed by atoms with Gasteiger partial charge in [-0.2, -0.15) is 10.6 Å². The van der Waals surface area contributed by atoms with Gasteiger partial charge < -0.3 is 20.3 Å². The van der Waals surface area contributed by atoms with Crippen molar-refractivity contribution in [3.63, 3.8) is 0 Å². The Morgan fingerprint density at radius 3 is 2.79 bits per heavy atom. The lowest BCUT2D eigenvalue weighted by atomic mass is 10.1. The van der Waals surface area contributed by atoms with Crippen molar-refractivity contribution in [2.45, 2.75) is 30.8 Å². The Hall–Kier alpha value is -2.36. The second-order valence-electron chi connectivity index (χ2n) is 8.92. The van der Waals surface area contributed by atoms with E-state index in [0.717, 1.165) is 60.7 Å². The molecule has 8 heteroatoms. The fourth-order valence-corrected chi connectivity index (χ4v) is 5.93. The number of pyridine rings is 1.